The van der Waals surface area contributed by atoms with Gasteiger partial charge in [-0.05, 0) is 43.0 Å². The van der Waals surface area contributed by atoms with E-state index in [0.717, 1.165) is 17.7 Å². The topological polar surface area (TPSA) is 79.6 Å². The molecule has 0 saturated carbocycles. The molecular formula is C21H28N2O4S. The Morgan fingerprint density at radius 2 is 2.04 bits per heavy atom. The third-order valence-corrected chi connectivity index (χ3v) is 7.03. The molecule has 1 aromatic heterocycles. The van der Waals surface area contributed by atoms with E-state index >= 15 is 0 Å². The minimum Gasteiger partial charge on any atom is -0.468 e. The zero-order chi connectivity index (χ0) is 20.1. The van der Waals surface area contributed by atoms with Gasteiger partial charge in [-0.1, -0.05) is 31.2 Å². The Morgan fingerprint density at radius 3 is 2.61 bits per heavy atom. The minimum atomic E-state index is -3.03. The molecule has 0 bridgehead atoms. The lowest BCUT2D eigenvalue weighted by molar-refractivity contribution is -0.123. The second-order valence-electron chi connectivity index (χ2n) is 7.43. The Morgan fingerprint density at radius 1 is 1.29 bits per heavy atom. The van der Waals surface area contributed by atoms with Crippen LogP contribution in [0.5, 0.6) is 0 Å². The van der Waals surface area contributed by atoms with E-state index in [1.807, 2.05) is 30.0 Å². The molecule has 1 amide bonds. The van der Waals surface area contributed by atoms with Gasteiger partial charge >= 0.3 is 0 Å². The summed E-state index contributed by atoms with van der Waals surface area (Å²) in [5.41, 5.74) is 2.31. The van der Waals surface area contributed by atoms with Crippen LogP contribution in [-0.2, 0) is 27.6 Å². The molecule has 0 aliphatic carbocycles. The first-order valence-corrected chi connectivity index (χ1v) is 11.5. The molecule has 2 unspecified atom stereocenters. The maximum absolute atomic E-state index is 12.7. The summed E-state index contributed by atoms with van der Waals surface area (Å²) in [7, 11) is -3.03. The van der Waals surface area contributed by atoms with Crippen LogP contribution in [0.3, 0.4) is 0 Å². The number of carbonyl (C=O) groups excluding carboxylic acids is 1. The summed E-state index contributed by atoms with van der Waals surface area (Å²) in [6, 6.07) is 11.6. The predicted octanol–water partition coefficient (Wildman–Crippen LogP) is 2.71. The summed E-state index contributed by atoms with van der Waals surface area (Å²) in [4.78, 5) is 14.6. The molecule has 1 saturated heterocycles. The minimum absolute atomic E-state index is 0.0923. The number of carbonyl (C=O) groups is 1. The molecule has 0 spiro atoms. The fraction of sp³-hybridized carbons (Fsp3) is 0.476. The number of hydrogen-bond donors (Lipinski definition) is 1. The number of hydrogen-bond acceptors (Lipinski definition) is 5. The molecule has 2 atom stereocenters. The predicted molar refractivity (Wildman–Crippen MR) is 109 cm³/mol. The second kappa shape index (κ2) is 8.92. The van der Waals surface area contributed by atoms with Crippen molar-refractivity contribution in [2.45, 2.75) is 45.3 Å². The number of furan rings is 1. The summed E-state index contributed by atoms with van der Waals surface area (Å²) in [5, 5.41) is 3.03. The number of nitrogens with one attached hydrogen (secondary N) is 1. The molecular weight excluding hydrogens is 376 g/mol. The van der Waals surface area contributed by atoms with E-state index in [0.29, 0.717) is 13.0 Å². The van der Waals surface area contributed by atoms with Crippen LogP contribution in [-0.4, -0.2) is 43.3 Å². The Labute approximate surface area is 166 Å². The zero-order valence-corrected chi connectivity index (χ0v) is 17.2. The molecule has 3 rings (SSSR count). The van der Waals surface area contributed by atoms with Gasteiger partial charge in [0.25, 0.3) is 0 Å². The van der Waals surface area contributed by atoms with Gasteiger partial charge in [0.15, 0.2) is 9.84 Å². The van der Waals surface area contributed by atoms with Crippen molar-refractivity contribution in [3.8, 4) is 0 Å². The Bertz CT molecular complexity index is 876. The summed E-state index contributed by atoms with van der Waals surface area (Å²) in [6.07, 6.45) is 3.11. The molecule has 7 heteroatoms. The first kappa shape index (κ1) is 20.6. The molecule has 0 radical (unpaired) electrons. The average molecular weight is 405 g/mol. The monoisotopic (exact) mass is 404 g/mol. The van der Waals surface area contributed by atoms with Crippen molar-refractivity contribution in [1.29, 1.82) is 0 Å². The highest BCUT2D eigenvalue weighted by atomic mass is 32.2. The van der Waals surface area contributed by atoms with E-state index < -0.39 is 9.84 Å². The highest BCUT2D eigenvalue weighted by molar-refractivity contribution is 7.91. The smallest absolute Gasteiger partial charge is 0.234 e. The Kier molecular flexibility index (Phi) is 6.57. The first-order valence-electron chi connectivity index (χ1n) is 9.71. The van der Waals surface area contributed by atoms with Gasteiger partial charge in [-0.15, -0.1) is 0 Å². The fourth-order valence-corrected chi connectivity index (χ4v) is 5.34. The van der Waals surface area contributed by atoms with E-state index in [4.69, 9.17) is 4.42 Å². The average Bonchev–Trinajstić information content (AvgIpc) is 3.30. The van der Waals surface area contributed by atoms with E-state index in [2.05, 4.69) is 24.4 Å². The molecule has 6 nitrogen and oxygen atoms in total. The third kappa shape index (κ3) is 5.45. The summed E-state index contributed by atoms with van der Waals surface area (Å²) in [5.74, 6) is 0.867. The van der Waals surface area contributed by atoms with Crippen LogP contribution in [0.15, 0.2) is 47.1 Å². The van der Waals surface area contributed by atoms with Crippen LogP contribution in [0.25, 0.3) is 0 Å². The van der Waals surface area contributed by atoms with Gasteiger partial charge in [-0.2, -0.15) is 0 Å². The summed E-state index contributed by atoms with van der Waals surface area (Å²) < 4.78 is 29.2. The zero-order valence-electron chi connectivity index (χ0n) is 16.4. The largest absolute Gasteiger partial charge is 0.468 e. The first-order chi connectivity index (χ1) is 13.4. The maximum atomic E-state index is 12.7. The number of nitrogens with zero attached hydrogens (tertiary/aromatic N) is 1. The molecule has 28 heavy (non-hydrogen) atoms. The van der Waals surface area contributed by atoms with Crippen molar-refractivity contribution in [1.82, 2.24) is 10.2 Å². The molecule has 2 heterocycles. The van der Waals surface area contributed by atoms with Gasteiger partial charge in [0.05, 0.1) is 36.9 Å². The normalized spacial score (nSPS) is 19.6. The van der Waals surface area contributed by atoms with E-state index in [9.17, 15) is 13.2 Å². The van der Waals surface area contributed by atoms with Crippen molar-refractivity contribution >= 4 is 15.7 Å². The van der Waals surface area contributed by atoms with Crippen LogP contribution in [0.1, 0.15) is 43.2 Å². The van der Waals surface area contributed by atoms with Crippen LogP contribution in [0.4, 0.5) is 0 Å². The molecule has 1 aromatic carbocycles. The van der Waals surface area contributed by atoms with E-state index in [1.165, 1.54) is 5.56 Å². The number of sulfone groups is 1. The molecule has 1 N–H and O–H groups in total. The molecule has 1 aliphatic rings. The molecule has 1 fully saturated rings. The van der Waals surface area contributed by atoms with Crippen LogP contribution in [0, 0.1) is 0 Å². The second-order valence-corrected chi connectivity index (χ2v) is 9.65. The molecule has 1 aliphatic heterocycles. The van der Waals surface area contributed by atoms with Gasteiger partial charge < -0.3 is 9.73 Å². The maximum Gasteiger partial charge on any atom is 0.234 e. The summed E-state index contributed by atoms with van der Waals surface area (Å²) in [6.45, 7) is 4.62. The number of benzene rings is 1. The number of amides is 1. The van der Waals surface area contributed by atoms with Gasteiger partial charge in [-0.25, -0.2) is 8.42 Å². The third-order valence-electron chi connectivity index (χ3n) is 5.28. The van der Waals surface area contributed by atoms with E-state index in [1.54, 1.807) is 12.3 Å². The lowest BCUT2D eigenvalue weighted by Gasteiger charge is -2.27. The quantitative estimate of drug-likeness (QED) is 0.732. The highest BCUT2D eigenvalue weighted by Crippen LogP contribution is 2.20. The van der Waals surface area contributed by atoms with Gasteiger partial charge in [0.1, 0.15) is 5.76 Å². The van der Waals surface area contributed by atoms with Crippen LogP contribution < -0.4 is 5.32 Å². The van der Waals surface area contributed by atoms with Crippen molar-refractivity contribution in [2.24, 2.45) is 0 Å². The van der Waals surface area contributed by atoms with Crippen molar-refractivity contribution in [2.75, 3.05) is 18.1 Å². The van der Waals surface area contributed by atoms with Gasteiger partial charge in [0, 0.05) is 6.04 Å². The number of aryl methyl sites for hydroxylation is 1. The highest BCUT2D eigenvalue weighted by Gasteiger charge is 2.33. The van der Waals surface area contributed by atoms with Crippen molar-refractivity contribution < 1.29 is 17.6 Å². The van der Waals surface area contributed by atoms with Crippen LogP contribution in [0.2, 0.25) is 0 Å². The van der Waals surface area contributed by atoms with Crippen molar-refractivity contribution in [3.63, 3.8) is 0 Å². The lowest BCUT2D eigenvalue weighted by Crippen LogP contribution is -2.43. The fourth-order valence-electron chi connectivity index (χ4n) is 3.58. The number of rotatable bonds is 8. The van der Waals surface area contributed by atoms with Crippen molar-refractivity contribution in [3.05, 3.63) is 59.5 Å². The Hall–Kier alpha value is -2.12. The van der Waals surface area contributed by atoms with Gasteiger partial charge in [-0.3, -0.25) is 9.69 Å². The van der Waals surface area contributed by atoms with Gasteiger partial charge in [0.2, 0.25) is 5.91 Å². The SMILES string of the molecule is CCc1ccc(C(C)NC(=O)CN(Cc2ccco2)C2CCS(=O)(=O)C2)cc1. The Balaban J connectivity index is 1.64. The summed E-state index contributed by atoms with van der Waals surface area (Å²) >= 11 is 0. The molecule has 152 valence electrons. The molecule has 2 aromatic rings. The standard InChI is InChI=1S/C21H28N2O4S/c1-3-17-6-8-18(9-7-17)16(2)22-21(24)14-23(13-20-5-4-11-27-20)19-10-12-28(25,26)15-19/h4-9,11,16,19H,3,10,12-15H2,1-2H3,(H,22,24). The van der Waals surface area contributed by atoms with E-state index in [-0.39, 0.29) is 36.0 Å². The lowest BCUT2D eigenvalue weighted by atomic mass is 10.0. The van der Waals surface area contributed by atoms with Crippen LogP contribution >= 0.6 is 0 Å².